The van der Waals surface area contributed by atoms with Gasteiger partial charge in [-0.3, -0.25) is 13.9 Å². The maximum absolute atomic E-state index is 12.1. The van der Waals surface area contributed by atoms with Gasteiger partial charge in [0.15, 0.2) is 0 Å². The molecule has 0 unspecified atom stereocenters. The number of hydrogen-bond acceptors (Lipinski definition) is 5. The summed E-state index contributed by atoms with van der Waals surface area (Å²) in [6.45, 7) is 0.399. The number of methoxy groups -OCH3 is 1. The Morgan fingerprint density at radius 3 is 2.22 bits per heavy atom. The first kappa shape index (κ1) is 18.7. The second-order valence-corrected chi connectivity index (χ2v) is 7.95. The molecule has 0 bridgehead atoms. The molecule has 0 spiro atoms. The molecule has 0 saturated carbocycles. The first-order valence-electron chi connectivity index (χ1n) is 8.26. The van der Waals surface area contributed by atoms with Crippen molar-refractivity contribution in [3.8, 4) is 5.75 Å². The minimum atomic E-state index is -3.32. The number of rotatable bonds is 4. The van der Waals surface area contributed by atoms with Gasteiger partial charge in [0, 0.05) is 24.0 Å². The average Bonchev–Trinajstić information content (AvgIpc) is 3.01. The fourth-order valence-corrected chi connectivity index (χ4v) is 4.30. The van der Waals surface area contributed by atoms with E-state index in [1.54, 1.807) is 42.5 Å². The van der Waals surface area contributed by atoms with Crippen molar-refractivity contribution in [3.05, 3.63) is 48.5 Å². The molecule has 3 rings (SSSR count). The standard InChI is InChI=1S/C18H19N3O5S/c1-26-16-8-3-6-14(12-16)20-18(23)17(22)19-13-5-2-7-15(11-13)21-9-4-10-27(21,24)25/h2-3,5-8,11-12H,4,9-10H2,1H3,(H,19,22)(H,20,23). The van der Waals surface area contributed by atoms with Crippen molar-refractivity contribution in [1.29, 1.82) is 0 Å². The highest BCUT2D eigenvalue weighted by molar-refractivity contribution is 7.93. The monoisotopic (exact) mass is 389 g/mol. The molecule has 142 valence electrons. The average molecular weight is 389 g/mol. The smallest absolute Gasteiger partial charge is 0.314 e. The predicted molar refractivity (Wildman–Crippen MR) is 102 cm³/mol. The summed E-state index contributed by atoms with van der Waals surface area (Å²) in [5.74, 6) is -1.05. The van der Waals surface area contributed by atoms with Gasteiger partial charge in [-0.15, -0.1) is 0 Å². The van der Waals surface area contributed by atoms with E-state index in [2.05, 4.69) is 10.6 Å². The van der Waals surface area contributed by atoms with Gasteiger partial charge >= 0.3 is 11.8 Å². The van der Waals surface area contributed by atoms with Crippen LogP contribution in [0.4, 0.5) is 17.1 Å². The minimum absolute atomic E-state index is 0.104. The van der Waals surface area contributed by atoms with E-state index in [4.69, 9.17) is 4.74 Å². The number of hydrogen-bond donors (Lipinski definition) is 2. The zero-order valence-corrected chi connectivity index (χ0v) is 15.5. The second kappa shape index (κ2) is 7.67. The predicted octanol–water partition coefficient (Wildman–Crippen LogP) is 1.81. The zero-order chi connectivity index (χ0) is 19.4. The van der Waals surface area contributed by atoms with Crippen molar-refractivity contribution >= 4 is 38.9 Å². The second-order valence-electron chi connectivity index (χ2n) is 5.93. The van der Waals surface area contributed by atoms with E-state index in [9.17, 15) is 18.0 Å². The molecule has 1 aliphatic heterocycles. The van der Waals surface area contributed by atoms with Gasteiger partial charge in [0.1, 0.15) is 5.75 Å². The number of carbonyl (C=O) groups is 2. The Balaban J connectivity index is 1.68. The van der Waals surface area contributed by atoms with E-state index in [1.807, 2.05) is 0 Å². The van der Waals surface area contributed by atoms with Gasteiger partial charge in [-0.05, 0) is 36.8 Å². The molecule has 2 N–H and O–H groups in total. The molecule has 1 heterocycles. The van der Waals surface area contributed by atoms with Crippen molar-refractivity contribution < 1.29 is 22.7 Å². The normalized spacial score (nSPS) is 15.2. The lowest BCUT2D eigenvalue weighted by atomic mass is 10.2. The maximum atomic E-state index is 12.1. The Labute approximate surface area is 157 Å². The third-order valence-electron chi connectivity index (χ3n) is 4.03. The Bertz CT molecular complexity index is 974. The number of nitrogens with zero attached hydrogens (tertiary/aromatic N) is 1. The molecule has 9 heteroatoms. The first-order valence-corrected chi connectivity index (χ1v) is 9.87. The van der Waals surface area contributed by atoms with E-state index in [0.717, 1.165) is 0 Å². The summed E-state index contributed by atoms with van der Waals surface area (Å²) >= 11 is 0. The maximum Gasteiger partial charge on any atom is 0.314 e. The Kier molecular flexibility index (Phi) is 5.31. The van der Waals surface area contributed by atoms with Crippen LogP contribution in [0.5, 0.6) is 5.75 Å². The number of nitrogens with one attached hydrogen (secondary N) is 2. The Morgan fingerprint density at radius 2 is 1.63 bits per heavy atom. The highest BCUT2D eigenvalue weighted by Gasteiger charge is 2.28. The third kappa shape index (κ3) is 4.37. The highest BCUT2D eigenvalue weighted by Crippen LogP contribution is 2.26. The van der Waals surface area contributed by atoms with Crippen LogP contribution in [0.25, 0.3) is 0 Å². The van der Waals surface area contributed by atoms with Gasteiger partial charge in [-0.25, -0.2) is 8.42 Å². The zero-order valence-electron chi connectivity index (χ0n) is 14.6. The van der Waals surface area contributed by atoms with Gasteiger partial charge in [0.25, 0.3) is 0 Å². The van der Waals surface area contributed by atoms with Gasteiger partial charge in [0.05, 0.1) is 18.6 Å². The van der Waals surface area contributed by atoms with E-state index >= 15 is 0 Å². The van der Waals surface area contributed by atoms with Crippen LogP contribution in [0.2, 0.25) is 0 Å². The van der Waals surface area contributed by atoms with E-state index < -0.39 is 21.8 Å². The SMILES string of the molecule is COc1cccc(NC(=O)C(=O)Nc2cccc(N3CCCS3(=O)=O)c2)c1. The number of sulfonamides is 1. The minimum Gasteiger partial charge on any atom is -0.497 e. The molecule has 1 fully saturated rings. The molecule has 8 nitrogen and oxygen atoms in total. The molecule has 2 amide bonds. The molecule has 0 aliphatic carbocycles. The third-order valence-corrected chi connectivity index (χ3v) is 5.89. The fraction of sp³-hybridized carbons (Fsp3) is 0.222. The van der Waals surface area contributed by atoms with Gasteiger partial charge < -0.3 is 15.4 Å². The van der Waals surface area contributed by atoms with Crippen LogP contribution in [0.1, 0.15) is 6.42 Å². The van der Waals surface area contributed by atoms with Crippen LogP contribution in [-0.2, 0) is 19.6 Å². The summed E-state index contributed by atoms with van der Waals surface area (Å²) in [6.07, 6.45) is 0.557. The first-order chi connectivity index (χ1) is 12.9. The van der Waals surface area contributed by atoms with E-state index in [0.29, 0.717) is 35.8 Å². The largest absolute Gasteiger partial charge is 0.497 e. The lowest BCUT2D eigenvalue weighted by Crippen LogP contribution is -2.29. The number of ether oxygens (including phenoxy) is 1. The number of carbonyl (C=O) groups excluding carboxylic acids is 2. The van der Waals surface area contributed by atoms with Crippen LogP contribution in [0.15, 0.2) is 48.5 Å². The molecule has 1 saturated heterocycles. The molecular weight excluding hydrogens is 370 g/mol. The molecular formula is C18H19N3O5S. The van der Waals surface area contributed by atoms with Gasteiger partial charge in [-0.1, -0.05) is 12.1 Å². The van der Waals surface area contributed by atoms with Crippen LogP contribution < -0.4 is 19.7 Å². The molecule has 0 aromatic heterocycles. The molecule has 2 aromatic carbocycles. The lowest BCUT2D eigenvalue weighted by molar-refractivity contribution is -0.132. The molecule has 1 aliphatic rings. The van der Waals surface area contributed by atoms with Crippen LogP contribution in [0.3, 0.4) is 0 Å². The summed E-state index contributed by atoms with van der Waals surface area (Å²) in [7, 11) is -1.82. The molecule has 0 radical (unpaired) electrons. The van der Waals surface area contributed by atoms with E-state index in [1.165, 1.54) is 17.5 Å². The van der Waals surface area contributed by atoms with Crippen LogP contribution >= 0.6 is 0 Å². The Morgan fingerprint density at radius 1 is 1.00 bits per heavy atom. The number of amides is 2. The summed E-state index contributed by atoms with van der Waals surface area (Å²) in [4.78, 5) is 24.2. The summed E-state index contributed by atoms with van der Waals surface area (Å²) < 4.78 is 30.4. The highest BCUT2D eigenvalue weighted by atomic mass is 32.2. The molecule has 0 atom stereocenters. The summed E-state index contributed by atoms with van der Waals surface area (Å²) in [6, 6.07) is 13.0. The molecule has 2 aromatic rings. The van der Waals surface area contributed by atoms with Gasteiger partial charge in [-0.2, -0.15) is 0 Å². The van der Waals surface area contributed by atoms with Crippen molar-refractivity contribution in [1.82, 2.24) is 0 Å². The van der Waals surface area contributed by atoms with E-state index in [-0.39, 0.29) is 5.75 Å². The van der Waals surface area contributed by atoms with Crippen molar-refractivity contribution in [3.63, 3.8) is 0 Å². The van der Waals surface area contributed by atoms with Gasteiger partial charge in [0.2, 0.25) is 10.0 Å². The fourth-order valence-electron chi connectivity index (χ4n) is 2.74. The number of anilines is 3. The Hall–Kier alpha value is -3.07. The van der Waals surface area contributed by atoms with Crippen molar-refractivity contribution in [2.24, 2.45) is 0 Å². The summed E-state index contributed by atoms with van der Waals surface area (Å²) in [5.41, 5.74) is 1.21. The lowest BCUT2D eigenvalue weighted by Gasteiger charge is -2.17. The quantitative estimate of drug-likeness (QED) is 0.776. The molecule has 27 heavy (non-hydrogen) atoms. The number of benzene rings is 2. The van der Waals surface area contributed by atoms with Crippen molar-refractivity contribution in [2.75, 3.05) is 34.3 Å². The topological polar surface area (TPSA) is 105 Å². The summed E-state index contributed by atoms with van der Waals surface area (Å²) in [5, 5.41) is 4.96. The van der Waals surface area contributed by atoms with Crippen molar-refractivity contribution in [2.45, 2.75) is 6.42 Å². The van der Waals surface area contributed by atoms with Crippen LogP contribution in [-0.4, -0.2) is 39.6 Å². The van der Waals surface area contributed by atoms with Crippen LogP contribution in [0, 0.1) is 0 Å².